The zero-order chi connectivity index (χ0) is 22.0. The highest BCUT2D eigenvalue weighted by atomic mass is 32.2. The number of aromatic nitrogens is 1. The Morgan fingerprint density at radius 3 is 2.19 bits per heavy atom. The third kappa shape index (κ3) is 4.81. The van der Waals surface area contributed by atoms with Crippen LogP contribution >= 0.6 is 11.3 Å². The van der Waals surface area contributed by atoms with Gasteiger partial charge in [0.2, 0.25) is 15.9 Å². The highest BCUT2D eigenvalue weighted by Crippen LogP contribution is 2.28. The fourth-order valence-corrected chi connectivity index (χ4v) is 5.60. The van der Waals surface area contributed by atoms with Gasteiger partial charge in [0.25, 0.3) is 0 Å². The Bertz CT molecular complexity index is 1170. The molecule has 0 unspecified atom stereocenters. The molecule has 2 aromatic carbocycles. The van der Waals surface area contributed by atoms with Gasteiger partial charge >= 0.3 is 0 Å². The highest BCUT2D eigenvalue weighted by molar-refractivity contribution is 7.89. The van der Waals surface area contributed by atoms with Gasteiger partial charge in [0, 0.05) is 30.0 Å². The zero-order valence-corrected chi connectivity index (χ0v) is 17.9. The maximum atomic E-state index is 13.1. The topological polar surface area (TPSA) is 79.4 Å². The number of nitrogens with one attached hydrogen (secondary N) is 1. The van der Waals surface area contributed by atoms with Gasteiger partial charge in [-0.15, -0.1) is 11.3 Å². The first kappa shape index (κ1) is 21.5. The first-order valence-electron chi connectivity index (χ1n) is 9.61. The smallest absolute Gasteiger partial charge is 0.243 e. The van der Waals surface area contributed by atoms with E-state index in [1.165, 1.54) is 39.9 Å². The van der Waals surface area contributed by atoms with E-state index in [9.17, 15) is 22.0 Å². The van der Waals surface area contributed by atoms with Crippen LogP contribution in [0.3, 0.4) is 0 Å². The number of benzene rings is 2. The molecule has 0 aliphatic carbocycles. The first-order chi connectivity index (χ1) is 14.8. The van der Waals surface area contributed by atoms with E-state index in [1.54, 1.807) is 17.5 Å². The van der Waals surface area contributed by atoms with Crippen molar-refractivity contribution in [2.45, 2.75) is 17.7 Å². The second-order valence-electron chi connectivity index (χ2n) is 7.17. The lowest BCUT2D eigenvalue weighted by molar-refractivity contribution is -0.120. The minimum atomic E-state index is -3.72. The van der Waals surface area contributed by atoms with Crippen molar-refractivity contribution in [2.75, 3.05) is 18.4 Å². The van der Waals surface area contributed by atoms with Gasteiger partial charge in [-0.1, -0.05) is 0 Å². The van der Waals surface area contributed by atoms with Gasteiger partial charge in [0.15, 0.2) is 5.13 Å². The van der Waals surface area contributed by atoms with Gasteiger partial charge < -0.3 is 5.32 Å². The normalized spacial score (nSPS) is 15.7. The molecule has 1 N–H and O–H groups in total. The summed E-state index contributed by atoms with van der Waals surface area (Å²) in [6.07, 6.45) is 0.755. The molecule has 1 aliphatic rings. The maximum absolute atomic E-state index is 13.1. The minimum absolute atomic E-state index is 0.0351. The monoisotopic (exact) mass is 463 g/mol. The van der Waals surface area contributed by atoms with Crippen LogP contribution in [-0.2, 0) is 14.8 Å². The van der Waals surface area contributed by atoms with Crippen LogP contribution in [-0.4, -0.2) is 36.7 Å². The van der Waals surface area contributed by atoms with E-state index < -0.39 is 15.8 Å². The van der Waals surface area contributed by atoms with Crippen molar-refractivity contribution >= 4 is 32.4 Å². The van der Waals surface area contributed by atoms with Crippen LogP contribution in [0, 0.1) is 17.6 Å². The average molecular weight is 464 g/mol. The van der Waals surface area contributed by atoms with Crippen LogP contribution in [0.1, 0.15) is 12.8 Å². The van der Waals surface area contributed by atoms with E-state index in [0.29, 0.717) is 23.7 Å². The van der Waals surface area contributed by atoms with Crippen molar-refractivity contribution in [3.8, 4) is 11.3 Å². The molecule has 2 heterocycles. The summed E-state index contributed by atoms with van der Waals surface area (Å²) in [6.45, 7) is 0.410. The van der Waals surface area contributed by atoms with Crippen LogP contribution in [0.25, 0.3) is 11.3 Å². The van der Waals surface area contributed by atoms with E-state index in [4.69, 9.17) is 0 Å². The lowest BCUT2D eigenvalue weighted by atomic mass is 9.97. The minimum Gasteiger partial charge on any atom is -0.302 e. The molecule has 6 nitrogen and oxygen atoms in total. The number of carbonyl (C=O) groups excluding carboxylic acids is 1. The zero-order valence-electron chi connectivity index (χ0n) is 16.3. The van der Waals surface area contributed by atoms with Gasteiger partial charge in [-0.05, 0) is 61.4 Å². The molecule has 1 aromatic heterocycles. The molecule has 31 heavy (non-hydrogen) atoms. The van der Waals surface area contributed by atoms with Crippen molar-refractivity contribution in [3.05, 3.63) is 65.5 Å². The Hall–Kier alpha value is -2.69. The van der Waals surface area contributed by atoms with Gasteiger partial charge in [-0.2, -0.15) is 4.31 Å². The number of hydrogen-bond acceptors (Lipinski definition) is 5. The summed E-state index contributed by atoms with van der Waals surface area (Å²) in [5.74, 6) is -1.38. The Morgan fingerprint density at radius 2 is 1.58 bits per heavy atom. The van der Waals surface area contributed by atoms with E-state index >= 15 is 0 Å². The Balaban J connectivity index is 1.35. The number of amides is 1. The van der Waals surface area contributed by atoms with Crippen LogP contribution in [0.15, 0.2) is 58.8 Å². The number of thiazole rings is 1. The summed E-state index contributed by atoms with van der Waals surface area (Å²) < 4.78 is 52.9. The quantitative estimate of drug-likeness (QED) is 0.617. The molecule has 0 bridgehead atoms. The standard InChI is InChI=1S/C21H19F2N3O3S2/c22-16-3-1-14(2-4-16)19-13-30-21(24-19)25-20(27)15-9-11-26(12-10-15)31(28,29)18-7-5-17(23)6-8-18/h1-8,13,15H,9-12H2,(H,24,25,27). The predicted molar refractivity (Wildman–Crippen MR) is 114 cm³/mol. The van der Waals surface area contributed by atoms with Crippen LogP contribution in [0.5, 0.6) is 0 Å². The molecule has 0 spiro atoms. The summed E-state index contributed by atoms with van der Waals surface area (Å²) in [5.41, 5.74) is 1.39. The van der Waals surface area contributed by atoms with E-state index in [0.717, 1.165) is 17.7 Å². The maximum Gasteiger partial charge on any atom is 0.243 e. The number of anilines is 1. The fourth-order valence-electron chi connectivity index (χ4n) is 3.41. The molecular weight excluding hydrogens is 444 g/mol. The van der Waals surface area contributed by atoms with E-state index in [2.05, 4.69) is 10.3 Å². The molecular formula is C21H19F2N3O3S2. The summed E-state index contributed by atoms with van der Waals surface area (Å²) in [7, 11) is -3.72. The number of carbonyl (C=O) groups is 1. The van der Waals surface area contributed by atoms with Gasteiger partial charge in [-0.3, -0.25) is 4.79 Å². The molecule has 0 radical (unpaired) electrons. The molecule has 10 heteroatoms. The second-order valence-corrected chi connectivity index (χ2v) is 9.96. The average Bonchev–Trinajstić information content (AvgIpc) is 3.23. The van der Waals surface area contributed by atoms with E-state index in [1.807, 2.05) is 0 Å². The molecule has 1 aliphatic heterocycles. The lowest BCUT2D eigenvalue weighted by Gasteiger charge is -2.30. The van der Waals surface area contributed by atoms with Crippen LogP contribution in [0.2, 0.25) is 0 Å². The summed E-state index contributed by atoms with van der Waals surface area (Å²) in [5, 5.41) is 5.00. The Morgan fingerprint density at radius 1 is 1.00 bits per heavy atom. The van der Waals surface area contributed by atoms with Crippen molar-refractivity contribution in [3.63, 3.8) is 0 Å². The summed E-state index contributed by atoms with van der Waals surface area (Å²) in [6, 6.07) is 10.6. The lowest BCUT2D eigenvalue weighted by Crippen LogP contribution is -2.41. The molecule has 3 aromatic rings. The molecule has 0 saturated carbocycles. The SMILES string of the molecule is O=C(Nc1nc(-c2ccc(F)cc2)cs1)C1CCN(S(=O)(=O)c2ccc(F)cc2)CC1. The first-order valence-corrected chi connectivity index (χ1v) is 11.9. The third-order valence-corrected chi connectivity index (χ3v) is 7.82. The predicted octanol–water partition coefficient (Wildman–Crippen LogP) is 4.13. The van der Waals surface area contributed by atoms with Gasteiger partial charge in [-0.25, -0.2) is 22.2 Å². The van der Waals surface area contributed by atoms with Crippen molar-refractivity contribution in [1.29, 1.82) is 0 Å². The Labute approximate surface area is 182 Å². The molecule has 0 atom stereocenters. The number of rotatable bonds is 5. The number of piperidine rings is 1. The molecule has 162 valence electrons. The van der Waals surface area contributed by atoms with Crippen LogP contribution in [0.4, 0.5) is 13.9 Å². The van der Waals surface area contributed by atoms with Crippen molar-refractivity contribution in [2.24, 2.45) is 5.92 Å². The van der Waals surface area contributed by atoms with Crippen molar-refractivity contribution in [1.82, 2.24) is 9.29 Å². The van der Waals surface area contributed by atoms with Gasteiger partial charge in [0.1, 0.15) is 11.6 Å². The highest BCUT2D eigenvalue weighted by Gasteiger charge is 2.32. The third-order valence-electron chi connectivity index (χ3n) is 5.15. The van der Waals surface area contributed by atoms with Gasteiger partial charge in [0.05, 0.1) is 10.6 Å². The summed E-state index contributed by atoms with van der Waals surface area (Å²) in [4.78, 5) is 17.0. The number of halogens is 2. The second kappa shape index (κ2) is 8.81. The van der Waals surface area contributed by atoms with Crippen molar-refractivity contribution < 1.29 is 22.0 Å². The molecule has 1 saturated heterocycles. The summed E-state index contributed by atoms with van der Waals surface area (Å²) >= 11 is 1.27. The number of nitrogens with zero attached hydrogens (tertiary/aromatic N) is 2. The number of hydrogen-bond donors (Lipinski definition) is 1. The fraction of sp³-hybridized carbons (Fsp3) is 0.238. The molecule has 4 rings (SSSR count). The Kier molecular flexibility index (Phi) is 6.12. The largest absolute Gasteiger partial charge is 0.302 e. The van der Waals surface area contributed by atoms with Crippen LogP contribution < -0.4 is 5.32 Å². The van der Waals surface area contributed by atoms with E-state index in [-0.39, 0.29) is 35.6 Å². The molecule has 1 amide bonds. The number of sulfonamides is 1. The molecule has 1 fully saturated rings.